The van der Waals surface area contributed by atoms with Crippen molar-refractivity contribution in [1.82, 2.24) is 20.1 Å². The monoisotopic (exact) mass is 404 g/mol. The maximum absolute atomic E-state index is 12.2. The van der Waals surface area contributed by atoms with Crippen LogP contribution >= 0.6 is 23.4 Å². The minimum Gasteiger partial charge on any atom is -0.346 e. The van der Waals surface area contributed by atoms with Crippen LogP contribution in [0, 0.1) is 0 Å². The molecule has 1 unspecified atom stereocenters. The van der Waals surface area contributed by atoms with Crippen LogP contribution in [0.25, 0.3) is 11.4 Å². The van der Waals surface area contributed by atoms with Crippen LogP contribution < -0.4 is 5.32 Å². The molecule has 5 nitrogen and oxygen atoms in total. The SMILES string of the molecule is C=CCn1c(SC(C)C(=O)NCC(F)(F)F)nnc1-c1ccc(Cl)cc1. The standard InChI is InChI=1S/C16H16ClF3N4OS/c1-3-8-24-13(11-4-6-12(17)7-5-11)22-23-15(24)26-10(2)14(25)21-9-16(18,19)20/h3-7,10H,1,8-9H2,2H3,(H,21,25). The number of allylic oxidation sites excluding steroid dienone is 1. The first-order chi connectivity index (χ1) is 12.2. The molecular formula is C16H16ClF3N4OS. The number of carbonyl (C=O) groups excluding carboxylic acids is 1. The first kappa shape index (κ1) is 20.3. The molecule has 0 aliphatic heterocycles. The number of hydrogen-bond acceptors (Lipinski definition) is 4. The van der Waals surface area contributed by atoms with Crippen molar-refractivity contribution >= 4 is 29.3 Å². The number of carbonyl (C=O) groups is 1. The van der Waals surface area contributed by atoms with Gasteiger partial charge in [-0.3, -0.25) is 9.36 Å². The Morgan fingerprint density at radius 1 is 1.38 bits per heavy atom. The van der Waals surface area contributed by atoms with Crippen molar-refractivity contribution in [1.29, 1.82) is 0 Å². The third-order valence-corrected chi connectivity index (χ3v) is 4.58. The molecule has 2 rings (SSSR count). The highest BCUT2D eigenvalue weighted by Gasteiger charge is 2.29. The fraction of sp³-hybridized carbons (Fsp3) is 0.312. The van der Waals surface area contributed by atoms with Crippen LogP contribution in [0.15, 0.2) is 42.1 Å². The lowest BCUT2D eigenvalue weighted by Crippen LogP contribution is -2.38. The van der Waals surface area contributed by atoms with Crippen LogP contribution in [0.3, 0.4) is 0 Å². The van der Waals surface area contributed by atoms with Crippen molar-refractivity contribution in [2.24, 2.45) is 0 Å². The fourth-order valence-corrected chi connectivity index (χ4v) is 3.03. The van der Waals surface area contributed by atoms with Crippen LogP contribution in [0.2, 0.25) is 5.02 Å². The lowest BCUT2D eigenvalue weighted by Gasteiger charge is -2.14. The quantitative estimate of drug-likeness (QED) is 0.561. The van der Waals surface area contributed by atoms with Gasteiger partial charge in [-0.2, -0.15) is 13.2 Å². The van der Waals surface area contributed by atoms with E-state index in [2.05, 4.69) is 16.8 Å². The van der Waals surface area contributed by atoms with E-state index < -0.39 is 23.9 Å². The Morgan fingerprint density at radius 3 is 2.62 bits per heavy atom. The number of alkyl halides is 3. The van der Waals surface area contributed by atoms with Crippen molar-refractivity contribution < 1.29 is 18.0 Å². The number of halogens is 4. The molecular weight excluding hydrogens is 389 g/mol. The van der Waals surface area contributed by atoms with Gasteiger partial charge in [0.2, 0.25) is 5.91 Å². The zero-order valence-electron chi connectivity index (χ0n) is 13.8. The predicted molar refractivity (Wildman–Crippen MR) is 95.0 cm³/mol. The van der Waals surface area contributed by atoms with E-state index in [0.717, 1.165) is 17.3 Å². The highest BCUT2D eigenvalue weighted by molar-refractivity contribution is 8.00. The Hall–Kier alpha value is -2.00. The Morgan fingerprint density at radius 2 is 2.04 bits per heavy atom. The molecule has 1 aromatic heterocycles. The molecule has 0 saturated carbocycles. The Kier molecular flexibility index (Phi) is 6.71. The molecule has 2 aromatic rings. The van der Waals surface area contributed by atoms with E-state index in [1.54, 1.807) is 34.9 Å². The number of thioether (sulfide) groups is 1. The van der Waals surface area contributed by atoms with Gasteiger partial charge in [0, 0.05) is 17.1 Å². The highest BCUT2D eigenvalue weighted by atomic mass is 35.5. The molecule has 0 radical (unpaired) electrons. The Balaban J connectivity index is 2.17. The number of nitrogens with one attached hydrogen (secondary N) is 1. The summed E-state index contributed by atoms with van der Waals surface area (Å²) < 4.78 is 38.4. The van der Waals surface area contributed by atoms with Gasteiger partial charge >= 0.3 is 6.18 Å². The van der Waals surface area contributed by atoms with Crippen LogP contribution in [-0.2, 0) is 11.3 Å². The normalized spacial score (nSPS) is 12.7. The average Bonchev–Trinajstić information content (AvgIpc) is 2.95. The van der Waals surface area contributed by atoms with E-state index in [9.17, 15) is 18.0 Å². The second kappa shape index (κ2) is 8.59. The molecule has 140 valence electrons. The molecule has 0 saturated heterocycles. The lowest BCUT2D eigenvalue weighted by atomic mass is 10.2. The summed E-state index contributed by atoms with van der Waals surface area (Å²) in [5.74, 6) is -0.180. The largest absolute Gasteiger partial charge is 0.405 e. The summed E-state index contributed by atoms with van der Waals surface area (Å²) in [6, 6.07) is 6.98. The molecule has 1 heterocycles. The van der Waals surface area contributed by atoms with E-state index in [0.29, 0.717) is 22.5 Å². The summed E-state index contributed by atoms with van der Waals surface area (Å²) in [6.45, 7) is 4.20. The highest BCUT2D eigenvalue weighted by Crippen LogP contribution is 2.27. The number of hydrogen-bond donors (Lipinski definition) is 1. The van der Waals surface area contributed by atoms with Gasteiger partial charge in [0.25, 0.3) is 0 Å². The van der Waals surface area contributed by atoms with Crippen LogP contribution in [0.4, 0.5) is 13.2 Å². The molecule has 0 spiro atoms. The summed E-state index contributed by atoms with van der Waals surface area (Å²) in [7, 11) is 0. The van der Waals surface area contributed by atoms with Crippen LogP contribution in [-0.4, -0.2) is 38.6 Å². The van der Waals surface area contributed by atoms with Crippen molar-refractivity contribution in [2.45, 2.75) is 30.1 Å². The Bertz CT molecular complexity index is 777. The molecule has 1 atom stereocenters. The number of rotatable bonds is 7. The fourth-order valence-electron chi connectivity index (χ4n) is 2.02. The van der Waals surface area contributed by atoms with Crippen molar-refractivity contribution in [3.8, 4) is 11.4 Å². The molecule has 0 fully saturated rings. The average molecular weight is 405 g/mol. The topological polar surface area (TPSA) is 59.8 Å². The van der Waals surface area contributed by atoms with E-state index in [-0.39, 0.29) is 0 Å². The molecule has 0 aliphatic carbocycles. The minimum atomic E-state index is -4.45. The Labute approximate surface area is 157 Å². The summed E-state index contributed by atoms with van der Waals surface area (Å²) in [5.41, 5.74) is 0.768. The van der Waals surface area contributed by atoms with Crippen molar-refractivity contribution in [3.05, 3.63) is 41.9 Å². The summed E-state index contributed by atoms with van der Waals surface area (Å²) >= 11 is 6.91. The van der Waals surface area contributed by atoms with E-state index in [4.69, 9.17) is 11.6 Å². The third-order valence-electron chi connectivity index (χ3n) is 3.25. The zero-order chi connectivity index (χ0) is 19.3. The lowest BCUT2D eigenvalue weighted by molar-refractivity contribution is -0.137. The maximum atomic E-state index is 12.2. The van der Waals surface area contributed by atoms with Gasteiger partial charge in [0.15, 0.2) is 11.0 Å². The number of nitrogens with zero attached hydrogens (tertiary/aromatic N) is 3. The molecule has 1 N–H and O–H groups in total. The van der Waals surface area contributed by atoms with Crippen LogP contribution in [0.1, 0.15) is 6.92 Å². The van der Waals surface area contributed by atoms with Gasteiger partial charge < -0.3 is 5.32 Å². The summed E-state index contributed by atoms with van der Waals surface area (Å²) in [6.07, 6.45) is -2.81. The second-order valence-electron chi connectivity index (χ2n) is 5.31. The van der Waals surface area contributed by atoms with E-state index in [1.807, 2.05) is 5.32 Å². The van der Waals surface area contributed by atoms with Crippen molar-refractivity contribution in [3.63, 3.8) is 0 Å². The molecule has 26 heavy (non-hydrogen) atoms. The van der Waals surface area contributed by atoms with Gasteiger partial charge in [-0.05, 0) is 31.2 Å². The van der Waals surface area contributed by atoms with Crippen molar-refractivity contribution in [2.75, 3.05) is 6.54 Å². The number of aromatic nitrogens is 3. The number of benzene rings is 1. The van der Waals surface area contributed by atoms with Gasteiger partial charge in [-0.1, -0.05) is 29.4 Å². The summed E-state index contributed by atoms with van der Waals surface area (Å²) in [5, 5.41) is 10.3. The molecule has 10 heteroatoms. The smallest absolute Gasteiger partial charge is 0.346 e. The molecule has 1 amide bonds. The van der Waals surface area contributed by atoms with Gasteiger partial charge in [0.1, 0.15) is 6.54 Å². The molecule has 1 aromatic carbocycles. The van der Waals surface area contributed by atoms with Gasteiger partial charge in [-0.25, -0.2) is 0 Å². The number of amides is 1. The maximum Gasteiger partial charge on any atom is 0.405 e. The first-order valence-electron chi connectivity index (χ1n) is 7.52. The first-order valence-corrected chi connectivity index (χ1v) is 8.78. The zero-order valence-corrected chi connectivity index (χ0v) is 15.3. The van der Waals surface area contributed by atoms with Gasteiger partial charge in [0.05, 0.1) is 5.25 Å². The van der Waals surface area contributed by atoms with E-state index >= 15 is 0 Å². The minimum absolute atomic E-state index is 0.379. The summed E-state index contributed by atoms with van der Waals surface area (Å²) in [4.78, 5) is 11.9. The van der Waals surface area contributed by atoms with Crippen LogP contribution in [0.5, 0.6) is 0 Å². The predicted octanol–water partition coefficient (Wildman–Crippen LogP) is 3.94. The molecule has 0 aliphatic rings. The van der Waals surface area contributed by atoms with E-state index in [1.165, 1.54) is 6.92 Å². The third kappa shape index (κ3) is 5.50. The van der Waals surface area contributed by atoms with Gasteiger partial charge in [-0.15, -0.1) is 16.8 Å². The second-order valence-corrected chi connectivity index (χ2v) is 7.05. The molecule has 0 bridgehead atoms.